The molecule has 0 unspecified atom stereocenters. The van der Waals surface area contributed by atoms with E-state index in [1.54, 1.807) is 17.0 Å². The van der Waals surface area contributed by atoms with E-state index < -0.39 is 17.7 Å². The van der Waals surface area contributed by atoms with Crippen LogP contribution in [0.5, 0.6) is 0 Å². The molecule has 33 heavy (non-hydrogen) atoms. The van der Waals surface area contributed by atoms with Crippen molar-refractivity contribution < 1.29 is 24.0 Å². The second-order valence-corrected chi connectivity index (χ2v) is 7.04. The van der Waals surface area contributed by atoms with Gasteiger partial charge in [-0.05, 0) is 24.3 Å². The van der Waals surface area contributed by atoms with Gasteiger partial charge in [-0.3, -0.25) is 24.1 Å². The summed E-state index contributed by atoms with van der Waals surface area (Å²) in [6.07, 6.45) is 0.328. The van der Waals surface area contributed by atoms with Gasteiger partial charge in [0.15, 0.2) is 0 Å². The Kier molecular flexibility index (Phi) is 7.91. The van der Waals surface area contributed by atoms with E-state index in [9.17, 15) is 24.0 Å². The number of fused-ring (bicyclic) bond motifs is 2. The Morgan fingerprint density at radius 1 is 0.727 bits per heavy atom. The minimum atomic E-state index is -0.566. The molecule has 0 saturated carbocycles. The van der Waals surface area contributed by atoms with Crippen LogP contribution < -0.4 is 20.9 Å². The first-order chi connectivity index (χ1) is 16.0. The van der Waals surface area contributed by atoms with E-state index in [1.165, 1.54) is 0 Å². The Morgan fingerprint density at radius 3 is 1.82 bits per heavy atom. The van der Waals surface area contributed by atoms with E-state index in [-0.39, 0.29) is 38.4 Å². The topological polar surface area (TPSA) is 125 Å². The Balaban J connectivity index is 1.55. The monoisotopic (exact) mass is 446 g/mol. The highest BCUT2D eigenvalue weighted by Gasteiger charge is 2.24. The third kappa shape index (κ3) is 6.27. The van der Waals surface area contributed by atoms with Gasteiger partial charge in [-0.25, -0.2) is 0 Å². The molecule has 0 bridgehead atoms. The molecule has 0 aromatic heterocycles. The summed E-state index contributed by atoms with van der Waals surface area (Å²) in [7, 11) is 0. The normalized spacial score (nSPS) is 11.0. The predicted molar refractivity (Wildman–Crippen MR) is 120 cm³/mol. The number of anilines is 2. The summed E-state index contributed by atoms with van der Waals surface area (Å²) in [5.41, 5.74) is 2.71. The Labute approximate surface area is 190 Å². The average Bonchev–Trinajstić information content (AvgIpc) is 3.00. The zero-order chi connectivity index (χ0) is 23.6. The molecule has 0 aliphatic carbocycles. The van der Waals surface area contributed by atoms with E-state index >= 15 is 0 Å². The molecule has 3 rings (SSSR count). The number of nitrogens with one attached hydrogen (secondary N) is 3. The molecule has 1 aliphatic heterocycles. The highest BCUT2D eigenvalue weighted by atomic mass is 16.2. The zero-order valence-corrected chi connectivity index (χ0v) is 17.7. The number of hydrogen-bond donors (Lipinski definition) is 3. The van der Waals surface area contributed by atoms with Crippen LogP contribution in [0.3, 0.4) is 0 Å². The fourth-order valence-electron chi connectivity index (χ4n) is 3.14. The van der Waals surface area contributed by atoms with E-state index in [0.717, 1.165) is 0 Å². The highest BCUT2D eigenvalue weighted by molar-refractivity contribution is 6.04. The van der Waals surface area contributed by atoms with Gasteiger partial charge in [0.05, 0.1) is 31.0 Å². The SMILES string of the molecule is O=CCNC(=O)CNC(=O)CNC(=O)CCC(=O)N1c2ccccc2C#Cc2ccccc21. The lowest BCUT2D eigenvalue weighted by molar-refractivity contribution is -0.128. The number of para-hydroxylation sites is 2. The molecule has 0 atom stereocenters. The van der Waals surface area contributed by atoms with Gasteiger partial charge in [0.25, 0.3) is 0 Å². The van der Waals surface area contributed by atoms with E-state index in [0.29, 0.717) is 28.8 Å². The van der Waals surface area contributed by atoms with Gasteiger partial charge in [0.1, 0.15) is 6.29 Å². The smallest absolute Gasteiger partial charge is 0.239 e. The molecule has 0 fully saturated rings. The summed E-state index contributed by atoms with van der Waals surface area (Å²) in [5.74, 6) is 4.32. The van der Waals surface area contributed by atoms with Gasteiger partial charge >= 0.3 is 0 Å². The fraction of sp³-hybridized carbons (Fsp3) is 0.208. The van der Waals surface area contributed by atoms with Crippen molar-refractivity contribution in [1.29, 1.82) is 0 Å². The minimum Gasteiger partial charge on any atom is -0.348 e. The Bertz CT molecular complexity index is 1100. The van der Waals surface area contributed by atoms with Crippen LogP contribution in [0.1, 0.15) is 24.0 Å². The molecular weight excluding hydrogens is 424 g/mol. The summed E-state index contributed by atoms with van der Waals surface area (Å²) in [5, 5.41) is 7.02. The van der Waals surface area contributed by atoms with Crippen LogP contribution in [0.4, 0.5) is 11.4 Å². The van der Waals surface area contributed by atoms with Crippen LogP contribution in [-0.2, 0) is 24.0 Å². The minimum absolute atomic E-state index is 0.0791. The summed E-state index contributed by atoms with van der Waals surface area (Å²) >= 11 is 0. The molecule has 4 amide bonds. The van der Waals surface area contributed by atoms with Gasteiger partial charge in [0.2, 0.25) is 23.6 Å². The second-order valence-electron chi connectivity index (χ2n) is 7.04. The molecule has 9 nitrogen and oxygen atoms in total. The largest absolute Gasteiger partial charge is 0.348 e. The molecule has 9 heteroatoms. The van der Waals surface area contributed by atoms with Crippen LogP contribution in [0.15, 0.2) is 48.5 Å². The molecule has 0 saturated heterocycles. The molecule has 1 heterocycles. The Morgan fingerprint density at radius 2 is 1.24 bits per heavy atom. The quantitative estimate of drug-likeness (QED) is 0.380. The number of nitrogens with zero attached hydrogens (tertiary/aromatic N) is 1. The van der Waals surface area contributed by atoms with Crippen molar-refractivity contribution in [2.45, 2.75) is 12.8 Å². The third-order valence-electron chi connectivity index (χ3n) is 4.71. The van der Waals surface area contributed by atoms with Gasteiger partial charge in [-0.15, -0.1) is 0 Å². The number of aldehydes is 1. The van der Waals surface area contributed by atoms with Crippen molar-refractivity contribution in [2.24, 2.45) is 0 Å². The summed E-state index contributed by atoms with van der Waals surface area (Å²) < 4.78 is 0. The fourth-order valence-corrected chi connectivity index (χ4v) is 3.14. The molecule has 0 radical (unpaired) electrons. The van der Waals surface area contributed by atoms with E-state index in [1.807, 2.05) is 36.4 Å². The first-order valence-electron chi connectivity index (χ1n) is 10.3. The van der Waals surface area contributed by atoms with Crippen LogP contribution in [0.25, 0.3) is 0 Å². The molecule has 2 aromatic rings. The van der Waals surface area contributed by atoms with Gasteiger partial charge < -0.3 is 20.7 Å². The Hall–Kier alpha value is -4.45. The number of carbonyl (C=O) groups excluding carboxylic acids is 5. The third-order valence-corrected chi connectivity index (χ3v) is 4.71. The highest BCUT2D eigenvalue weighted by Crippen LogP contribution is 2.33. The van der Waals surface area contributed by atoms with Gasteiger partial charge in [-0.1, -0.05) is 36.1 Å². The zero-order valence-electron chi connectivity index (χ0n) is 17.7. The molecule has 3 N–H and O–H groups in total. The van der Waals surface area contributed by atoms with Crippen molar-refractivity contribution in [3.05, 3.63) is 59.7 Å². The number of carbonyl (C=O) groups is 5. The van der Waals surface area contributed by atoms with Crippen molar-refractivity contribution >= 4 is 41.3 Å². The summed E-state index contributed by atoms with van der Waals surface area (Å²) in [6, 6.07) is 14.6. The van der Waals surface area contributed by atoms with Gasteiger partial charge in [-0.2, -0.15) is 0 Å². The maximum atomic E-state index is 13.1. The van der Waals surface area contributed by atoms with Crippen LogP contribution >= 0.6 is 0 Å². The average molecular weight is 446 g/mol. The number of hydrogen-bond acceptors (Lipinski definition) is 5. The van der Waals surface area contributed by atoms with Gasteiger partial charge in [0, 0.05) is 24.0 Å². The summed E-state index contributed by atoms with van der Waals surface area (Å²) in [6.45, 7) is -0.786. The first-order valence-corrected chi connectivity index (χ1v) is 10.3. The number of benzene rings is 2. The van der Waals surface area contributed by atoms with Crippen LogP contribution in [0, 0.1) is 11.8 Å². The lowest BCUT2D eigenvalue weighted by Crippen LogP contribution is -2.42. The maximum absolute atomic E-state index is 13.1. The second kappa shape index (κ2) is 11.2. The number of amides is 4. The van der Waals surface area contributed by atoms with Crippen molar-refractivity contribution in [1.82, 2.24) is 16.0 Å². The molecular formula is C24H22N4O5. The van der Waals surface area contributed by atoms with Crippen LogP contribution in [-0.4, -0.2) is 49.5 Å². The standard InChI is InChI=1S/C24H22N4O5/c29-14-13-25-22(31)15-27-23(32)16-26-21(30)11-12-24(33)28-19-7-3-1-5-17(19)9-10-18-6-2-4-8-20(18)28/h1-8,14H,11-13,15-16H2,(H,25,31)(H,26,30)(H,27,32). The molecule has 0 spiro atoms. The molecule has 1 aliphatic rings. The van der Waals surface area contributed by atoms with E-state index in [2.05, 4.69) is 27.8 Å². The van der Waals surface area contributed by atoms with Crippen LogP contribution in [0.2, 0.25) is 0 Å². The summed E-state index contributed by atoms with van der Waals surface area (Å²) in [4.78, 5) is 60.1. The lowest BCUT2D eigenvalue weighted by Gasteiger charge is -2.24. The first kappa shape index (κ1) is 23.2. The van der Waals surface area contributed by atoms with Crippen molar-refractivity contribution in [3.8, 4) is 11.8 Å². The maximum Gasteiger partial charge on any atom is 0.239 e. The van der Waals surface area contributed by atoms with Crippen molar-refractivity contribution in [2.75, 3.05) is 24.5 Å². The van der Waals surface area contributed by atoms with Crippen molar-refractivity contribution in [3.63, 3.8) is 0 Å². The molecule has 2 aromatic carbocycles. The van der Waals surface area contributed by atoms with E-state index in [4.69, 9.17) is 0 Å². The molecule has 168 valence electrons. The number of rotatable bonds is 9. The predicted octanol–water partition coefficient (Wildman–Crippen LogP) is 0.392. The lowest BCUT2D eigenvalue weighted by atomic mass is 10.1.